The second-order valence-electron chi connectivity index (χ2n) is 3.59. The Balaban J connectivity index is 0. The summed E-state index contributed by atoms with van der Waals surface area (Å²) in [6.45, 7) is 0.665. The van der Waals surface area contributed by atoms with Gasteiger partial charge in [-0.25, -0.2) is 4.79 Å². The first-order valence-electron chi connectivity index (χ1n) is 6.00. The molecule has 0 aromatic heterocycles. The van der Waals surface area contributed by atoms with Crippen LogP contribution in [-0.2, 0) is 14.4 Å². The van der Waals surface area contributed by atoms with Crippen LogP contribution in [0.1, 0.15) is 17.3 Å². The normalized spacial score (nSPS) is 8.48. The lowest BCUT2D eigenvalue weighted by Gasteiger charge is -2.03. The van der Waals surface area contributed by atoms with Crippen LogP contribution in [0.3, 0.4) is 0 Å². The van der Waals surface area contributed by atoms with Crippen molar-refractivity contribution in [2.75, 3.05) is 13.1 Å². The van der Waals surface area contributed by atoms with E-state index in [2.05, 4.69) is 16.2 Å². The zero-order chi connectivity index (χ0) is 18.4. The summed E-state index contributed by atoms with van der Waals surface area (Å²) in [5.41, 5.74) is 9.13. The molecule has 1 rings (SSSR count). The zero-order valence-electron chi connectivity index (χ0n) is 12.3. The summed E-state index contributed by atoms with van der Waals surface area (Å²) >= 11 is 0. The van der Waals surface area contributed by atoms with Gasteiger partial charge >= 0.3 is 23.9 Å². The topological polar surface area (TPSA) is 190 Å². The average Bonchev–Trinajstić information content (AvgIpc) is 2.48. The van der Waals surface area contributed by atoms with Gasteiger partial charge in [-0.05, 0) is 12.1 Å². The summed E-state index contributed by atoms with van der Waals surface area (Å²) in [4.78, 5) is 39.7. The molecule has 0 fully saturated rings. The first-order valence-corrected chi connectivity index (χ1v) is 6.00. The van der Waals surface area contributed by atoms with Crippen molar-refractivity contribution in [3.05, 3.63) is 29.8 Å². The predicted molar refractivity (Wildman–Crippen MR) is 78.1 cm³/mol. The minimum absolute atomic E-state index is 0.0160. The molecule has 0 atom stereocenters. The fraction of sp³-hybridized carbons (Fsp3) is 0.231. The van der Waals surface area contributed by atoms with E-state index in [4.69, 9.17) is 15.3 Å². The smallest absolute Gasteiger partial charge is 0.339 e. The molecule has 1 aromatic rings. The Hall–Kier alpha value is -2.98. The van der Waals surface area contributed by atoms with Crippen molar-refractivity contribution < 1.29 is 39.2 Å². The lowest BCUT2D eigenvalue weighted by Crippen LogP contribution is -2.10. The molecule has 10 heteroatoms. The van der Waals surface area contributed by atoms with Gasteiger partial charge < -0.3 is 31.5 Å². The zero-order valence-corrected chi connectivity index (χ0v) is 12.3. The average molecular weight is 330 g/mol. The number of aliphatic carboxylic acids is 2. The van der Waals surface area contributed by atoms with Gasteiger partial charge in [-0.2, -0.15) is 0 Å². The Morgan fingerprint density at radius 3 is 1.65 bits per heavy atom. The minimum atomic E-state index is -1.11. The van der Waals surface area contributed by atoms with Gasteiger partial charge in [0, 0.05) is 6.92 Å². The van der Waals surface area contributed by atoms with E-state index in [1.165, 1.54) is 19.1 Å². The molecule has 0 unspecified atom stereocenters. The highest BCUT2D eigenvalue weighted by molar-refractivity contribution is 5.91. The van der Waals surface area contributed by atoms with Crippen LogP contribution in [0.15, 0.2) is 24.3 Å². The fourth-order valence-electron chi connectivity index (χ4n) is 0.887. The van der Waals surface area contributed by atoms with Crippen molar-refractivity contribution in [1.29, 1.82) is 0 Å². The fourth-order valence-corrected chi connectivity index (χ4v) is 0.887. The number of hydrogen-bond donors (Lipinski definition) is 5. The largest absolute Gasteiger partial charge is 0.480 e. The molecule has 0 radical (unpaired) electrons. The number of carbonyl (C=O) groups excluding carboxylic acids is 1. The Kier molecular flexibility index (Phi) is 12.4. The van der Waals surface area contributed by atoms with Gasteiger partial charge in [0.2, 0.25) is 0 Å². The summed E-state index contributed by atoms with van der Waals surface area (Å²) in [5, 5.41) is 23.9. The van der Waals surface area contributed by atoms with Crippen molar-refractivity contribution >= 4 is 23.9 Å². The third kappa shape index (κ3) is 13.7. The van der Waals surface area contributed by atoms with Crippen LogP contribution in [0.5, 0.6) is 5.75 Å². The number of carbonyl (C=O) groups is 4. The summed E-state index contributed by atoms with van der Waals surface area (Å²) in [6.07, 6.45) is 0. The van der Waals surface area contributed by atoms with Crippen molar-refractivity contribution in [1.82, 2.24) is 0 Å². The van der Waals surface area contributed by atoms with E-state index in [0.29, 0.717) is 0 Å². The van der Waals surface area contributed by atoms with Crippen LogP contribution in [0.2, 0.25) is 0 Å². The third-order valence-electron chi connectivity index (χ3n) is 1.72. The number of nitrogens with two attached hydrogens (primary N) is 2. The third-order valence-corrected chi connectivity index (χ3v) is 1.72. The minimum Gasteiger partial charge on any atom is -0.480 e. The molecule has 128 valence electrons. The summed E-state index contributed by atoms with van der Waals surface area (Å²) in [6, 6.07) is 5.98. The molecular formula is C13H18N2O8. The van der Waals surface area contributed by atoms with Crippen LogP contribution in [-0.4, -0.2) is 52.3 Å². The molecule has 0 heterocycles. The Bertz CT molecular complexity index is 531. The number of rotatable bonds is 4. The quantitative estimate of drug-likeness (QED) is 0.351. The highest BCUT2D eigenvalue weighted by atomic mass is 16.5. The SMILES string of the molecule is CC(=O)Oc1ccccc1C(=O)O.NCC(=O)O.NCC(=O)O. The molecule has 0 saturated carbocycles. The summed E-state index contributed by atoms with van der Waals surface area (Å²) in [7, 11) is 0. The lowest BCUT2D eigenvalue weighted by atomic mass is 10.2. The maximum Gasteiger partial charge on any atom is 0.339 e. The molecule has 23 heavy (non-hydrogen) atoms. The maximum absolute atomic E-state index is 10.6. The number of carboxylic acids is 3. The summed E-state index contributed by atoms with van der Waals surface area (Å²) in [5.74, 6) is -3.51. The molecule has 10 nitrogen and oxygen atoms in total. The van der Waals surface area contributed by atoms with Crippen molar-refractivity contribution in [2.45, 2.75) is 6.92 Å². The van der Waals surface area contributed by atoms with Gasteiger partial charge in [-0.1, -0.05) is 12.1 Å². The molecule has 0 spiro atoms. The second-order valence-corrected chi connectivity index (χ2v) is 3.59. The molecule has 1 aromatic carbocycles. The van der Waals surface area contributed by atoms with Gasteiger partial charge in [0.1, 0.15) is 11.3 Å². The van der Waals surface area contributed by atoms with Crippen LogP contribution in [0.4, 0.5) is 0 Å². The second kappa shape index (κ2) is 12.7. The number of para-hydroxylation sites is 1. The molecule has 0 aliphatic rings. The Morgan fingerprint density at radius 2 is 1.35 bits per heavy atom. The first-order chi connectivity index (χ1) is 10.6. The molecule has 7 N–H and O–H groups in total. The molecule has 0 aliphatic carbocycles. The molecule has 0 bridgehead atoms. The molecular weight excluding hydrogens is 312 g/mol. The van der Waals surface area contributed by atoms with E-state index in [1.54, 1.807) is 12.1 Å². The van der Waals surface area contributed by atoms with Crippen LogP contribution >= 0.6 is 0 Å². The number of carboxylic acid groups (broad SMARTS) is 3. The Labute approximate surface area is 131 Å². The van der Waals surface area contributed by atoms with Crippen molar-refractivity contribution in [3.8, 4) is 5.75 Å². The van der Waals surface area contributed by atoms with Crippen LogP contribution in [0, 0.1) is 0 Å². The monoisotopic (exact) mass is 330 g/mol. The standard InChI is InChI=1S/C9H8O4.2C2H5NO2/c1-6(10)13-8-5-3-2-4-7(8)9(11)12;2*3-1-2(4)5/h2-5H,1H3,(H,11,12);2*1,3H2,(H,4,5). The van der Waals surface area contributed by atoms with E-state index in [1.807, 2.05) is 0 Å². The van der Waals surface area contributed by atoms with Crippen molar-refractivity contribution in [3.63, 3.8) is 0 Å². The van der Waals surface area contributed by atoms with E-state index in [0.717, 1.165) is 0 Å². The number of ether oxygens (including phenoxy) is 1. The van der Waals surface area contributed by atoms with Crippen LogP contribution in [0.25, 0.3) is 0 Å². The number of aromatic carboxylic acids is 1. The summed E-state index contributed by atoms with van der Waals surface area (Å²) < 4.78 is 4.69. The highest BCUT2D eigenvalue weighted by Gasteiger charge is 2.10. The van der Waals surface area contributed by atoms with E-state index < -0.39 is 23.9 Å². The van der Waals surface area contributed by atoms with E-state index in [-0.39, 0.29) is 24.4 Å². The Morgan fingerprint density at radius 1 is 0.957 bits per heavy atom. The number of esters is 1. The molecule has 0 amide bonds. The lowest BCUT2D eigenvalue weighted by molar-refractivity contribution is -0.136. The molecule has 0 saturated heterocycles. The van der Waals surface area contributed by atoms with Crippen molar-refractivity contribution in [2.24, 2.45) is 11.5 Å². The van der Waals surface area contributed by atoms with Gasteiger partial charge in [-0.3, -0.25) is 14.4 Å². The number of benzene rings is 1. The number of hydrogen-bond acceptors (Lipinski definition) is 7. The molecule has 0 aliphatic heterocycles. The van der Waals surface area contributed by atoms with Gasteiger partial charge in [-0.15, -0.1) is 0 Å². The predicted octanol–water partition coefficient (Wildman–Crippen LogP) is -0.630. The van der Waals surface area contributed by atoms with Gasteiger partial charge in [0.25, 0.3) is 0 Å². The first kappa shape index (κ1) is 22.3. The van der Waals surface area contributed by atoms with Crippen LogP contribution < -0.4 is 16.2 Å². The van der Waals surface area contributed by atoms with Gasteiger partial charge in [0.15, 0.2) is 0 Å². The highest BCUT2D eigenvalue weighted by Crippen LogP contribution is 2.17. The van der Waals surface area contributed by atoms with Gasteiger partial charge in [0.05, 0.1) is 13.1 Å². The maximum atomic E-state index is 10.6. The van der Waals surface area contributed by atoms with E-state index >= 15 is 0 Å². The van der Waals surface area contributed by atoms with E-state index in [9.17, 15) is 19.2 Å².